The van der Waals surface area contributed by atoms with Crippen LogP contribution in [0.1, 0.15) is 33.6 Å². The van der Waals surface area contributed by atoms with Crippen LogP contribution in [0.15, 0.2) is 24.3 Å². The summed E-state index contributed by atoms with van der Waals surface area (Å²) < 4.78 is 17.4. The predicted molar refractivity (Wildman–Crippen MR) is 98.9 cm³/mol. The number of hydrogen-bond donors (Lipinski definition) is 1. The molecule has 0 fully saturated rings. The highest BCUT2D eigenvalue weighted by atomic mass is 28.4. The molecule has 0 unspecified atom stereocenters. The van der Waals surface area contributed by atoms with Crippen molar-refractivity contribution in [1.82, 2.24) is 0 Å². The first-order valence-corrected chi connectivity index (χ1v) is 11.4. The van der Waals surface area contributed by atoms with Crippen LogP contribution in [0.25, 0.3) is 0 Å². The summed E-state index contributed by atoms with van der Waals surface area (Å²) in [4.78, 5) is 0. The van der Waals surface area contributed by atoms with E-state index in [-0.39, 0.29) is 5.04 Å². The SMILES string of the molecule is CC(C)(C)[Si](C)(C)OCCCCOc1cccc(OCCN)c1. The van der Waals surface area contributed by atoms with E-state index in [4.69, 9.17) is 19.6 Å². The molecule has 0 radical (unpaired) electrons. The van der Waals surface area contributed by atoms with Gasteiger partial charge in [-0.2, -0.15) is 0 Å². The Kier molecular flexibility index (Phi) is 8.09. The molecular formula is C18H33NO3Si. The van der Waals surface area contributed by atoms with Gasteiger partial charge in [0, 0.05) is 19.2 Å². The van der Waals surface area contributed by atoms with Crippen LogP contribution in [0, 0.1) is 0 Å². The van der Waals surface area contributed by atoms with Crippen LogP contribution in [0.4, 0.5) is 0 Å². The third kappa shape index (κ3) is 7.37. The van der Waals surface area contributed by atoms with Gasteiger partial charge in [-0.3, -0.25) is 0 Å². The van der Waals surface area contributed by atoms with E-state index in [0.717, 1.165) is 30.9 Å². The Morgan fingerprint density at radius 3 is 2.09 bits per heavy atom. The van der Waals surface area contributed by atoms with Crippen LogP contribution in [0.3, 0.4) is 0 Å². The summed E-state index contributed by atoms with van der Waals surface area (Å²) in [6, 6.07) is 7.69. The number of unbranched alkanes of at least 4 members (excludes halogenated alkanes) is 1. The highest BCUT2D eigenvalue weighted by Gasteiger charge is 2.36. The van der Waals surface area contributed by atoms with Crippen molar-refractivity contribution >= 4 is 8.32 Å². The molecule has 23 heavy (non-hydrogen) atoms. The predicted octanol–water partition coefficient (Wildman–Crippen LogP) is 4.20. The smallest absolute Gasteiger partial charge is 0.191 e. The summed E-state index contributed by atoms with van der Waals surface area (Å²) in [5.74, 6) is 1.64. The molecule has 0 aliphatic carbocycles. The van der Waals surface area contributed by atoms with E-state index in [0.29, 0.717) is 19.8 Å². The highest BCUT2D eigenvalue weighted by molar-refractivity contribution is 6.74. The van der Waals surface area contributed by atoms with Crippen LogP contribution in [0.2, 0.25) is 18.1 Å². The first kappa shape index (κ1) is 20.0. The Morgan fingerprint density at radius 2 is 1.52 bits per heavy atom. The maximum Gasteiger partial charge on any atom is 0.191 e. The molecule has 0 aliphatic heterocycles. The average molecular weight is 340 g/mol. The summed E-state index contributed by atoms with van der Waals surface area (Å²) in [7, 11) is -1.62. The molecular weight excluding hydrogens is 306 g/mol. The molecule has 0 heterocycles. The van der Waals surface area contributed by atoms with Gasteiger partial charge in [-0.25, -0.2) is 0 Å². The van der Waals surface area contributed by atoms with Crippen LogP contribution < -0.4 is 15.2 Å². The van der Waals surface area contributed by atoms with E-state index >= 15 is 0 Å². The maximum absolute atomic E-state index is 6.16. The van der Waals surface area contributed by atoms with Crippen LogP contribution >= 0.6 is 0 Å². The van der Waals surface area contributed by atoms with Gasteiger partial charge in [0.05, 0.1) is 6.61 Å². The average Bonchev–Trinajstić information content (AvgIpc) is 2.48. The van der Waals surface area contributed by atoms with Gasteiger partial charge < -0.3 is 19.6 Å². The zero-order valence-electron chi connectivity index (χ0n) is 15.4. The zero-order valence-corrected chi connectivity index (χ0v) is 16.4. The first-order chi connectivity index (χ1) is 10.8. The molecule has 4 nitrogen and oxygen atoms in total. The van der Waals surface area contributed by atoms with Crippen molar-refractivity contribution in [2.45, 2.75) is 51.7 Å². The molecule has 0 amide bonds. The Bertz CT molecular complexity index is 458. The summed E-state index contributed by atoms with van der Waals surface area (Å²) in [5, 5.41) is 0.271. The van der Waals surface area contributed by atoms with Gasteiger partial charge in [0.2, 0.25) is 0 Å². The van der Waals surface area contributed by atoms with E-state index in [9.17, 15) is 0 Å². The monoisotopic (exact) mass is 339 g/mol. The fraction of sp³-hybridized carbons (Fsp3) is 0.667. The van der Waals surface area contributed by atoms with Gasteiger partial charge in [0.15, 0.2) is 8.32 Å². The minimum atomic E-state index is -1.62. The van der Waals surface area contributed by atoms with Crippen molar-refractivity contribution in [2.75, 3.05) is 26.4 Å². The molecule has 1 rings (SSSR count). The van der Waals surface area contributed by atoms with Crippen molar-refractivity contribution in [3.8, 4) is 11.5 Å². The molecule has 132 valence electrons. The van der Waals surface area contributed by atoms with Gasteiger partial charge in [-0.15, -0.1) is 0 Å². The second-order valence-corrected chi connectivity index (χ2v) is 12.1. The lowest BCUT2D eigenvalue weighted by molar-refractivity contribution is 0.251. The van der Waals surface area contributed by atoms with Crippen LogP contribution in [0.5, 0.6) is 11.5 Å². The Balaban J connectivity index is 2.23. The molecule has 1 aromatic carbocycles. The zero-order chi connectivity index (χ0) is 17.3. The molecule has 5 heteroatoms. The Labute approximate surface area is 142 Å². The van der Waals surface area contributed by atoms with Crippen molar-refractivity contribution in [2.24, 2.45) is 5.73 Å². The largest absolute Gasteiger partial charge is 0.493 e. The molecule has 1 aromatic rings. The molecule has 0 spiro atoms. The third-order valence-electron chi connectivity index (χ3n) is 4.27. The number of ether oxygens (including phenoxy) is 2. The molecule has 0 aromatic heterocycles. The van der Waals surface area contributed by atoms with Crippen molar-refractivity contribution in [1.29, 1.82) is 0 Å². The molecule has 0 saturated heterocycles. The van der Waals surface area contributed by atoms with E-state index in [1.54, 1.807) is 0 Å². The summed E-state index contributed by atoms with van der Waals surface area (Å²) in [6.07, 6.45) is 2.01. The van der Waals surface area contributed by atoms with E-state index in [2.05, 4.69) is 33.9 Å². The summed E-state index contributed by atoms with van der Waals surface area (Å²) in [6.45, 7) is 13.9. The summed E-state index contributed by atoms with van der Waals surface area (Å²) in [5.41, 5.74) is 5.43. The number of nitrogens with two attached hydrogens (primary N) is 1. The van der Waals surface area contributed by atoms with Crippen LogP contribution in [-0.2, 0) is 4.43 Å². The second kappa shape index (κ2) is 9.30. The minimum absolute atomic E-state index is 0.271. The third-order valence-corrected chi connectivity index (χ3v) is 8.81. The Morgan fingerprint density at radius 1 is 0.957 bits per heavy atom. The quantitative estimate of drug-likeness (QED) is 0.512. The highest BCUT2D eigenvalue weighted by Crippen LogP contribution is 2.36. The first-order valence-electron chi connectivity index (χ1n) is 8.46. The standard InChI is InChI=1S/C18H33NO3Si/c1-18(2,3)23(4,5)22-13-7-6-12-20-16-9-8-10-17(15-16)21-14-11-19/h8-10,15H,6-7,11-14,19H2,1-5H3. The maximum atomic E-state index is 6.16. The van der Waals surface area contributed by atoms with E-state index in [1.165, 1.54) is 0 Å². The second-order valence-electron chi connectivity index (χ2n) is 7.28. The van der Waals surface area contributed by atoms with Crippen molar-refractivity contribution < 1.29 is 13.9 Å². The summed E-state index contributed by atoms with van der Waals surface area (Å²) >= 11 is 0. The van der Waals surface area contributed by atoms with Gasteiger partial charge in [0.25, 0.3) is 0 Å². The minimum Gasteiger partial charge on any atom is -0.493 e. The van der Waals surface area contributed by atoms with Crippen molar-refractivity contribution in [3.63, 3.8) is 0 Å². The van der Waals surface area contributed by atoms with Crippen LogP contribution in [-0.4, -0.2) is 34.7 Å². The fourth-order valence-corrected chi connectivity index (χ4v) is 2.86. The van der Waals surface area contributed by atoms with E-state index in [1.807, 2.05) is 24.3 Å². The van der Waals surface area contributed by atoms with Gasteiger partial charge in [-0.1, -0.05) is 26.8 Å². The molecule has 2 N–H and O–H groups in total. The lowest BCUT2D eigenvalue weighted by atomic mass is 10.2. The topological polar surface area (TPSA) is 53.7 Å². The van der Waals surface area contributed by atoms with Crippen molar-refractivity contribution in [3.05, 3.63) is 24.3 Å². The number of hydrogen-bond acceptors (Lipinski definition) is 4. The molecule has 0 atom stereocenters. The molecule has 0 saturated carbocycles. The molecule has 0 aliphatic rings. The van der Waals surface area contributed by atoms with E-state index < -0.39 is 8.32 Å². The molecule has 0 bridgehead atoms. The lowest BCUT2D eigenvalue weighted by Crippen LogP contribution is -2.41. The van der Waals surface area contributed by atoms with Gasteiger partial charge in [0.1, 0.15) is 18.1 Å². The lowest BCUT2D eigenvalue weighted by Gasteiger charge is -2.36. The number of rotatable bonds is 10. The number of benzene rings is 1. The normalized spacial score (nSPS) is 12.3. The Hall–Kier alpha value is -1.04. The van der Waals surface area contributed by atoms with Gasteiger partial charge >= 0.3 is 0 Å². The fourth-order valence-electron chi connectivity index (χ4n) is 1.77. The van der Waals surface area contributed by atoms with Gasteiger partial charge in [-0.05, 0) is 43.1 Å².